The molecular weight excluding hydrogens is 468 g/mol. The number of rotatable bonds is 7. The molecule has 7 nitrogen and oxygen atoms in total. The Kier molecular flexibility index (Phi) is 7.00. The molecule has 2 heterocycles. The monoisotopic (exact) mass is 500 g/mol. The highest BCUT2D eigenvalue weighted by molar-refractivity contribution is 6.04. The number of nitrogens with one attached hydrogen (secondary N) is 1. The van der Waals surface area contributed by atoms with Gasteiger partial charge in [-0.25, -0.2) is 4.79 Å². The van der Waals surface area contributed by atoms with E-state index in [-0.39, 0.29) is 17.6 Å². The van der Waals surface area contributed by atoms with E-state index in [1.54, 1.807) is 25.4 Å². The lowest BCUT2D eigenvalue weighted by Crippen LogP contribution is -2.39. The van der Waals surface area contributed by atoms with Crippen molar-refractivity contribution in [2.45, 2.75) is 45.4 Å². The Morgan fingerprint density at radius 3 is 2.68 bits per heavy atom. The summed E-state index contributed by atoms with van der Waals surface area (Å²) >= 11 is 0. The summed E-state index contributed by atoms with van der Waals surface area (Å²) in [4.78, 5) is 30.6. The van der Waals surface area contributed by atoms with E-state index in [1.165, 1.54) is 0 Å². The number of nitrogens with zero attached hydrogens (tertiary/aromatic N) is 1. The predicted molar refractivity (Wildman–Crippen MR) is 145 cm³/mol. The van der Waals surface area contributed by atoms with Crippen molar-refractivity contribution in [3.8, 4) is 5.75 Å². The number of aromatic amines is 1. The highest BCUT2D eigenvalue weighted by Gasteiger charge is 2.32. The number of carbonyl (C=O) groups is 1. The zero-order chi connectivity index (χ0) is 26.1. The third kappa shape index (κ3) is 4.61. The Balaban J connectivity index is 1.65. The van der Waals surface area contributed by atoms with Gasteiger partial charge in [0.2, 0.25) is 0 Å². The van der Waals surface area contributed by atoms with Crippen molar-refractivity contribution >= 4 is 27.6 Å². The van der Waals surface area contributed by atoms with E-state index < -0.39 is 5.97 Å². The SMILES string of the molecule is CCO[C@H]1CCN(Cc2c(OC)cc(C)c3[nH]ccc(=O)c23)[C@H](c2ccc(C(=O)O)c3ccccc23)C1. The molecule has 1 fully saturated rings. The van der Waals surface area contributed by atoms with Gasteiger partial charge in [-0.2, -0.15) is 0 Å². The van der Waals surface area contributed by atoms with Crippen LogP contribution in [0.4, 0.5) is 0 Å². The van der Waals surface area contributed by atoms with Crippen LogP contribution in [0.1, 0.15) is 52.9 Å². The Morgan fingerprint density at radius 1 is 1.16 bits per heavy atom. The Hall–Kier alpha value is -3.68. The molecule has 2 atom stereocenters. The van der Waals surface area contributed by atoms with Crippen LogP contribution in [0.5, 0.6) is 5.75 Å². The van der Waals surface area contributed by atoms with Crippen molar-refractivity contribution in [2.75, 3.05) is 20.3 Å². The number of pyridine rings is 1. The van der Waals surface area contributed by atoms with Gasteiger partial charge in [0.05, 0.1) is 29.7 Å². The van der Waals surface area contributed by atoms with Crippen molar-refractivity contribution in [1.29, 1.82) is 0 Å². The fourth-order valence-corrected chi connectivity index (χ4v) is 5.79. The number of aromatic nitrogens is 1. The van der Waals surface area contributed by atoms with Crippen LogP contribution < -0.4 is 10.2 Å². The van der Waals surface area contributed by atoms with Gasteiger partial charge in [0.1, 0.15) is 5.75 Å². The van der Waals surface area contributed by atoms with Gasteiger partial charge in [-0.15, -0.1) is 0 Å². The molecule has 0 saturated carbocycles. The molecule has 0 aliphatic carbocycles. The molecule has 192 valence electrons. The average Bonchev–Trinajstić information content (AvgIpc) is 2.90. The largest absolute Gasteiger partial charge is 0.496 e. The van der Waals surface area contributed by atoms with Gasteiger partial charge in [-0.3, -0.25) is 9.69 Å². The number of aromatic carboxylic acids is 1. The number of ether oxygens (including phenoxy) is 2. The summed E-state index contributed by atoms with van der Waals surface area (Å²) in [6.07, 6.45) is 3.43. The van der Waals surface area contributed by atoms with Crippen LogP contribution in [0.15, 0.2) is 59.5 Å². The Morgan fingerprint density at radius 2 is 1.95 bits per heavy atom. The average molecular weight is 501 g/mol. The molecule has 1 aromatic heterocycles. The smallest absolute Gasteiger partial charge is 0.336 e. The molecule has 37 heavy (non-hydrogen) atoms. The van der Waals surface area contributed by atoms with Crippen LogP contribution in [0.3, 0.4) is 0 Å². The lowest BCUT2D eigenvalue weighted by atomic mass is 9.88. The second kappa shape index (κ2) is 10.4. The molecule has 5 rings (SSSR count). The van der Waals surface area contributed by atoms with Crippen LogP contribution in [-0.4, -0.2) is 47.3 Å². The topological polar surface area (TPSA) is 91.9 Å². The zero-order valence-electron chi connectivity index (χ0n) is 21.4. The Labute approximate surface area is 215 Å². The van der Waals surface area contributed by atoms with Crippen LogP contribution >= 0.6 is 0 Å². The summed E-state index contributed by atoms with van der Waals surface area (Å²) in [7, 11) is 1.64. The minimum atomic E-state index is -0.939. The molecular formula is C30H32N2O5. The van der Waals surface area contributed by atoms with Gasteiger partial charge in [-0.1, -0.05) is 30.3 Å². The first kappa shape index (κ1) is 25.0. The van der Waals surface area contributed by atoms with Crippen molar-refractivity contribution in [2.24, 2.45) is 0 Å². The molecule has 1 aliphatic heterocycles. The van der Waals surface area contributed by atoms with Gasteiger partial charge < -0.3 is 19.6 Å². The summed E-state index contributed by atoms with van der Waals surface area (Å²) in [5.41, 5.74) is 3.95. The predicted octanol–water partition coefficient (Wildman–Crippen LogP) is 5.44. The highest BCUT2D eigenvalue weighted by atomic mass is 16.5. The van der Waals surface area contributed by atoms with Crippen molar-refractivity contribution < 1.29 is 19.4 Å². The number of carboxylic acids is 1. The molecule has 4 aromatic rings. The molecule has 0 bridgehead atoms. The van der Waals surface area contributed by atoms with Crippen LogP contribution in [0.2, 0.25) is 0 Å². The van der Waals surface area contributed by atoms with Crippen molar-refractivity contribution in [3.05, 3.63) is 87.2 Å². The van der Waals surface area contributed by atoms with Crippen molar-refractivity contribution in [1.82, 2.24) is 9.88 Å². The maximum absolute atomic E-state index is 13.1. The van der Waals surface area contributed by atoms with Crippen LogP contribution in [-0.2, 0) is 11.3 Å². The van der Waals surface area contributed by atoms with E-state index >= 15 is 0 Å². The molecule has 3 aromatic carbocycles. The zero-order valence-corrected chi connectivity index (χ0v) is 21.4. The normalized spacial score (nSPS) is 18.4. The van der Waals surface area contributed by atoms with E-state index in [4.69, 9.17) is 9.47 Å². The number of hydrogen-bond acceptors (Lipinski definition) is 5. The maximum Gasteiger partial charge on any atom is 0.336 e. The number of aryl methyl sites for hydroxylation is 1. The third-order valence-electron chi connectivity index (χ3n) is 7.50. The summed E-state index contributed by atoms with van der Waals surface area (Å²) in [5, 5.41) is 12.1. The molecule has 0 amide bonds. The number of H-pyrrole nitrogens is 1. The number of carboxylic acid groups (broad SMARTS) is 1. The molecule has 0 spiro atoms. The van der Waals surface area contributed by atoms with E-state index in [9.17, 15) is 14.7 Å². The summed E-state index contributed by atoms with van der Waals surface area (Å²) < 4.78 is 11.8. The van der Waals surface area contributed by atoms with Crippen LogP contribution in [0, 0.1) is 6.92 Å². The summed E-state index contributed by atoms with van der Waals surface area (Å²) in [6.45, 7) is 5.91. The number of fused-ring (bicyclic) bond motifs is 2. The van der Waals surface area contributed by atoms with E-state index in [0.29, 0.717) is 29.9 Å². The number of piperidine rings is 1. The van der Waals surface area contributed by atoms with Gasteiger partial charge >= 0.3 is 5.97 Å². The minimum Gasteiger partial charge on any atom is -0.496 e. The number of benzene rings is 3. The molecule has 0 unspecified atom stereocenters. The maximum atomic E-state index is 13.1. The molecule has 0 radical (unpaired) electrons. The van der Waals surface area contributed by atoms with Gasteiger partial charge in [0.15, 0.2) is 5.43 Å². The second-order valence-electron chi connectivity index (χ2n) is 9.61. The molecule has 2 N–H and O–H groups in total. The number of methoxy groups -OCH3 is 1. The van der Waals surface area contributed by atoms with Crippen molar-refractivity contribution in [3.63, 3.8) is 0 Å². The lowest BCUT2D eigenvalue weighted by Gasteiger charge is -2.40. The molecule has 7 heteroatoms. The number of likely N-dealkylation sites (tertiary alicyclic amines) is 1. The minimum absolute atomic E-state index is 0.0260. The van der Waals surface area contributed by atoms with E-state index in [1.807, 2.05) is 50.2 Å². The van der Waals surface area contributed by atoms with E-state index in [2.05, 4.69) is 9.88 Å². The summed E-state index contributed by atoms with van der Waals surface area (Å²) in [5.74, 6) is -0.246. The number of hydrogen-bond donors (Lipinski definition) is 2. The second-order valence-corrected chi connectivity index (χ2v) is 9.61. The van der Waals surface area contributed by atoms with E-state index in [0.717, 1.165) is 52.4 Å². The highest BCUT2D eigenvalue weighted by Crippen LogP contribution is 2.40. The van der Waals surface area contributed by atoms with Gasteiger partial charge in [0, 0.05) is 43.6 Å². The fraction of sp³-hybridized carbons (Fsp3) is 0.333. The fourth-order valence-electron chi connectivity index (χ4n) is 5.79. The standard InChI is InChI=1S/C30H32N2O5/c1-4-37-19-12-14-32(17-24-27(36-3)15-18(2)29-28(24)26(33)11-13-31-29)25(16-19)22-9-10-23(30(34)35)21-8-6-5-7-20(21)22/h5-11,13,15,19,25H,4,12,14,16-17H2,1-3H3,(H,31,33)(H,34,35)/t19-,25-/m0/s1. The summed E-state index contributed by atoms with van der Waals surface area (Å²) in [6, 6.07) is 14.8. The first-order valence-corrected chi connectivity index (χ1v) is 12.7. The lowest BCUT2D eigenvalue weighted by molar-refractivity contribution is -0.0134. The quantitative estimate of drug-likeness (QED) is 0.351. The first-order valence-electron chi connectivity index (χ1n) is 12.7. The Bertz CT molecular complexity index is 1530. The molecule has 1 saturated heterocycles. The van der Waals surface area contributed by atoms with Gasteiger partial charge in [0.25, 0.3) is 0 Å². The molecule has 1 aliphatic rings. The van der Waals surface area contributed by atoms with Crippen LogP contribution in [0.25, 0.3) is 21.7 Å². The van der Waals surface area contributed by atoms with Gasteiger partial charge in [-0.05, 0) is 60.7 Å². The first-order chi connectivity index (χ1) is 17.9. The third-order valence-corrected chi connectivity index (χ3v) is 7.50.